The van der Waals surface area contributed by atoms with Crippen LogP contribution in [0.25, 0.3) is 11.1 Å². The number of halogens is 1. The number of hydrogen-bond donors (Lipinski definition) is 4. The molecule has 8 nitrogen and oxygen atoms in total. The van der Waals surface area contributed by atoms with Crippen molar-refractivity contribution in [2.24, 2.45) is 0 Å². The lowest BCUT2D eigenvalue weighted by Gasteiger charge is -2.16. The third-order valence-electron chi connectivity index (χ3n) is 4.11. The summed E-state index contributed by atoms with van der Waals surface area (Å²) in [6, 6.07) is 14.8. The van der Waals surface area contributed by atoms with Crippen molar-refractivity contribution in [1.82, 2.24) is 15.3 Å². The fraction of sp³-hybridized carbons (Fsp3) is 0.150. The summed E-state index contributed by atoms with van der Waals surface area (Å²) in [7, 11) is 0. The molecule has 0 aliphatic carbocycles. The number of aromatic nitrogens is 2. The fourth-order valence-corrected chi connectivity index (χ4v) is 2.89. The van der Waals surface area contributed by atoms with E-state index in [1.54, 1.807) is 19.1 Å². The van der Waals surface area contributed by atoms with Crippen molar-refractivity contribution >= 4 is 23.2 Å². The van der Waals surface area contributed by atoms with Crippen molar-refractivity contribution in [2.45, 2.75) is 13.0 Å². The molecule has 0 radical (unpaired) electrons. The molecule has 150 valence electrons. The maximum absolute atomic E-state index is 12.3. The number of aromatic amines is 2. The largest absolute Gasteiger partial charge is 0.490 e. The van der Waals surface area contributed by atoms with Crippen molar-refractivity contribution in [3.05, 3.63) is 80.1 Å². The number of carbonyl (C=O) groups excluding carboxylic acids is 1. The van der Waals surface area contributed by atoms with E-state index in [4.69, 9.17) is 22.1 Å². The SMILES string of the molecule is C[C@H](COc1ccc(-c2ccccc2)cc1Cl)NC(=O)c1[nH]c(=O)[nH]c(=O)c1N. The highest BCUT2D eigenvalue weighted by molar-refractivity contribution is 6.32. The number of carbonyl (C=O) groups is 1. The molecule has 1 amide bonds. The number of nitrogens with two attached hydrogens (primary N) is 1. The van der Waals surface area contributed by atoms with E-state index in [2.05, 4.69) is 10.3 Å². The highest BCUT2D eigenvalue weighted by Crippen LogP contribution is 2.30. The third kappa shape index (κ3) is 4.85. The van der Waals surface area contributed by atoms with Crippen molar-refractivity contribution in [1.29, 1.82) is 0 Å². The Hall–Kier alpha value is -3.52. The second-order valence-electron chi connectivity index (χ2n) is 6.39. The molecule has 0 spiro atoms. The fourth-order valence-electron chi connectivity index (χ4n) is 2.66. The summed E-state index contributed by atoms with van der Waals surface area (Å²) in [6.07, 6.45) is 0. The number of anilines is 1. The van der Waals surface area contributed by atoms with E-state index in [9.17, 15) is 14.4 Å². The zero-order chi connectivity index (χ0) is 21.0. The molecule has 0 aliphatic heterocycles. The van der Waals surface area contributed by atoms with Gasteiger partial charge in [-0.05, 0) is 30.2 Å². The number of nitrogens with one attached hydrogen (secondary N) is 3. The Kier molecular flexibility index (Phi) is 6.04. The maximum atomic E-state index is 12.3. The molecular weight excluding hydrogens is 396 g/mol. The first-order valence-corrected chi connectivity index (χ1v) is 9.13. The first-order valence-electron chi connectivity index (χ1n) is 8.76. The molecule has 0 unspecified atom stereocenters. The van der Waals surface area contributed by atoms with Crippen LogP contribution in [0.1, 0.15) is 17.4 Å². The van der Waals surface area contributed by atoms with Gasteiger partial charge in [0.25, 0.3) is 11.5 Å². The summed E-state index contributed by atoms with van der Waals surface area (Å²) in [5.41, 5.74) is 5.24. The lowest BCUT2D eigenvalue weighted by molar-refractivity contribution is 0.0922. The van der Waals surface area contributed by atoms with Crippen LogP contribution in [-0.2, 0) is 0 Å². The number of ether oxygens (including phenoxy) is 1. The second kappa shape index (κ2) is 8.66. The number of rotatable bonds is 6. The highest BCUT2D eigenvalue weighted by Gasteiger charge is 2.17. The smallest absolute Gasteiger partial charge is 0.326 e. The minimum absolute atomic E-state index is 0.115. The van der Waals surface area contributed by atoms with Crippen LogP contribution in [0.2, 0.25) is 5.02 Å². The molecular formula is C20H19ClN4O4. The van der Waals surface area contributed by atoms with Gasteiger partial charge >= 0.3 is 5.69 Å². The van der Waals surface area contributed by atoms with Gasteiger partial charge in [0.15, 0.2) is 0 Å². The van der Waals surface area contributed by atoms with Gasteiger partial charge in [-0.25, -0.2) is 4.79 Å². The Balaban J connectivity index is 1.64. The van der Waals surface area contributed by atoms with Crippen LogP contribution in [0, 0.1) is 0 Å². The molecule has 0 bridgehead atoms. The predicted octanol–water partition coefficient (Wildman–Crippen LogP) is 2.16. The molecule has 0 saturated heterocycles. The average Bonchev–Trinajstić information content (AvgIpc) is 2.70. The number of amides is 1. The number of nitrogen functional groups attached to an aromatic ring is 1. The van der Waals surface area contributed by atoms with E-state index in [1.807, 2.05) is 41.4 Å². The van der Waals surface area contributed by atoms with E-state index in [0.29, 0.717) is 10.8 Å². The van der Waals surface area contributed by atoms with Crippen LogP contribution in [0.3, 0.4) is 0 Å². The van der Waals surface area contributed by atoms with Crippen LogP contribution >= 0.6 is 11.6 Å². The summed E-state index contributed by atoms with van der Waals surface area (Å²) in [5.74, 6) is -0.219. The van der Waals surface area contributed by atoms with Gasteiger partial charge in [0.05, 0.1) is 11.1 Å². The molecule has 5 N–H and O–H groups in total. The van der Waals surface area contributed by atoms with Crippen molar-refractivity contribution in [3.63, 3.8) is 0 Å². The Morgan fingerprint density at radius 1 is 1.14 bits per heavy atom. The zero-order valence-electron chi connectivity index (χ0n) is 15.5. The molecule has 0 saturated carbocycles. The maximum Gasteiger partial charge on any atom is 0.326 e. The monoisotopic (exact) mass is 414 g/mol. The summed E-state index contributed by atoms with van der Waals surface area (Å²) in [4.78, 5) is 39.3. The summed E-state index contributed by atoms with van der Waals surface area (Å²) in [5, 5.41) is 3.05. The molecule has 1 atom stereocenters. The molecule has 0 fully saturated rings. The normalized spacial score (nSPS) is 11.7. The Bertz CT molecular complexity index is 1140. The van der Waals surface area contributed by atoms with E-state index < -0.39 is 23.2 Å². The summed E-state index contributed by atoms with van der Waals surface area (Å²) >= 11 is 6.31. The molecule has 9 heteroatoms. The van der Waals surface area contributed by atoms with Crippen molar-refractivity contribution < 1.29 is 9.53 Å². The lowest BCUT2D eigenvalue weighted by Crippen LogP contribution is -2.40. The van der Waals surface area contributed by atoms with Crippen LogP contribution in [0.15, 0.2) is 58.1 Å². The highest BCUT2D eigenvalue weighted by atomic mass is 35.5. The lowest BCUT2D eigenvalue weighted by atomic mass is 10.1. The molecule has 3 aromatic rings. The standard InChI is InChI=1S/C20H19ClN4O4/c1-11(23-19(27)17-16(22)18(26)25-20(28)24-17)10-29-15-8-7-13(9-14(15)21)12-5-3-2-4-6-12/h2-9,11H,10,22H2,1H3,(H,23,27)(H2,24,25,26,28)/t11-/m1/s1. The van der Waals surface area contributed by atoms with Gasteiger partial charge in [-0.1, -0.05) is 48.0 Å². The Morgan fingerprint density at radius 3 is 2.55 bits per heavy atom. The first-order chi connectivity index (χ1) is 13.8. The van der Waals surface area contributed by atoms with Gasteiger partial charge in [-0.2, -0.15) is 0 Å². The number of hydrogen-bond acceptors (Lipinski definition) is 5. The minimum Gasteiger partial charge on any atom is -0.490 e. The minimum atomic E-state index is -0.826. The molecule has 2 aromatic carbocycles. The van der Waals surface area contributed by atoms with Crippen LogP contribution < -0.4 is 27.0 Å². The van der Waals surface area contributed by atoms with Gasteiger partial charge in [-0.15, -0.1) is 0 Å². The van der Waals surface area contributed by atoms with E-state index in [0.717, 1.165) is 11.1 Å². The Morgan fingerprint density at radius 2 is 1.86 bits per heavy atom. The third-order valence-corrected chi connectivity index (χ3v) is 4.41. The van der Waals surface area contributed by atoms with Crippen LogP contribution in [0.5, 0.6) is 5.75 Å². The molecule has 0 aliphatic rings. The molecule has 1 heterocycles. The molecule has 3 rings (SSSR count). The second-order valence-corrected chi connectivity index (χ2v) is 6.80. The van der Waals surface area contributed by atoms with E-state index >= 15 is 0 Å². The molecule has 1 aromatic heterocycles. The van der Waals surface area contributed by atoms with Crippen molar-refractivity contribution in [3.8, 4) is 16.9 Å². The Labute approximate surface area is 170 Å². The zero-order valence-corrected chi connectivity index (χ0v) is 16.2. The quantitative estimate of drug-likeness (QED) is 0.491. The van der Waals surface area contributed by atoms with Crippen LogP contribution in [-0.4, -0.2) is 28.5 Å². The van der Waals surface area contributed by atoms with E-state index in [1.165, 1.54) is 0 Å². The van der Waals surface area contributed by atoms with Crippen LogP contribution in [0.4, 0.5) is 5.69 Å². The van der Waals surface area contributed by atoms with Gasteiger partial charge in [0.2, 0.25) is 0 Å². The summed E-state index contributed by atoms with van der Waals surface area (Å²) < 4.78 is 5.69. The predicted molar refractivity (Wildman–Crippen MR) is 111 cm³/mol. The first kappa shape index (κ1) is 20.2. The molecule has 29 heavy (non-hydrogen) atoms. The van der Waals surface area contributed by atoms with Gasteiger partial charge in [0, 0.05) is 0 Å². The summed E-state index contributed by atoms with van der Waals surface area (Å²) in [6.45, 7) is 1.81. The topological polar surface area (TPSA) is 130 Å². The van der Waals surface area contributed by atoms with Gasteiger partial charge < -0.3 is 20.8 Å². The van der Waals surface area contributed by atoms with Gasteiger partial charge in [-0.3, -0.25) is 14.6 Å². The number of benzene rings is 2. The average molecular weight is 415 g/mol. The van der Waals surface area contributed by atoms with Crippen molar-refractivity contribution in [2.75, 3.05) is 12.3 Å². The number of H-pyrrole nitrogens is 2. The van der Waals surface area contributed by atoms with Gasteiger partial charge in [0.1, 0.15) is 23.7 Å². The van der Waals surface area contributed by atoms with E-state index in [-0.39, 0.29) is 18.0 Å².